The number of aliphatic hydroxyl groups excluding tert-OH is 5. The number of ether oxygens (including phenoxy) is 2. The summed E-state index contributed by atoms with van der Waals surface area (Å²) in [4.78, 5) is 0. The van der Waals surface area contributed by atoms with Crippen molar-refractivity contribution < 1.29 is 35.0 Å². The fourth-order valence-electron chi connectivity index (χ4n) is 1.44. The fourth-order valence-corrected chi connectivity index (χ4v) is 1.44. The summed E-state index contributed by atoms with van der Waals surface area (Å²) < 4.78 is 10.0. The SMILES string of the molecule is OCCC(O)CO[C@@H]1O[C@H](CO)C(O)[C@@H]1O. The van der Waals surface area contributed by atoms with Crippen LogP contribution in [0.4, 0.5) is 0 Å². The molecule has 2 unspecified atom stereocenters. The highest BCUT2D eigenvalue weighted by atomic mass is 16.7. The van der Waals surface area contributed by atoms with E-state index in [-0.39, 0.29) is 19.6 Å². The second-order valence-electron chi connectivity index (χ2n) is 3.71. The van der Waals surface area contributed by atoms with Crippen LogP contribution in [0.2, 0.25) is 0 Å². The molecule has 0 saturated carbocycles. The Morgan fingerprint density at radius 1 is 1.19 bits per heavy atom. The molecule has 7 heteroatoms. The van der Waals surface area contributed by atoms with Crippen LogP contribution in [0.15, 0.2) is 0 Å². The van der Waals surface area contributed by atoms with Crippen LogP contribution in [0.1, 0.15) is 6.42 Å². The van der Waals surface area contributed by atoms with Gasteiger partial charge in [-0.3, -0.25) is 0 Å². The van der Waals surface area contributed by atoms with Gasteiger partial charge >= 0.3 is 0 Å². The Bertz CT molecular complexity index is 200. The van der Waals surface area contributed by atoms with E-state index in [1.807, 2.05) is 0 Å². The lowest BCUT2D eigenvalue weighted by molar-refractivity contribution is -0.181. The van der Waals surface area contributed by atoms with Crippen molar-refractivity contribution in [1.29, 1.82) is 0 Å². The zero-order chi connectivity index (χ0) is 12.1. The first kappa shape index (κ1) is 13.8. The minimum absolute atomic E-state index is 0.118. The summed E-state index contributed by atoms with van der Waals surface area (Å²) in [5.41, 5.74) is 0. The van der Waals surface area contributed by atoms with E-state index in [1.54, 1.807) is 0 Å². The molecule has 0 radical (unpaired) electrons. The first-order chi connectivity index (χ1) is 7.60. The summed E-state index contributed by atoms with van der Waals surface area (Å²) in [6, 6.07) is 0. The van der Waals surface area contributed by atoms with Gasteiger partial charge in [0.2, 0.25) is 0 Å². The van der Waals surface area contributed by atoms with E-state index in [0.717, 1.165) is 0 Å². The molecule has 0 aliphatic carbocycles. The normalized spacial score (nSPS) is 36.6. The van der Waals surface area contributed by atoms with Crippen molar-refractivity contribution in [1.82, 2.24) is 0 Å². The van der Waals surface area contributed by atoms with Crippen molar-refractivity contribution >= 4 is 0 Å². The van der Waals surface area contributed by atoms with Crippen molar-refractivity contribution in [2.45, 2.75) is 37.1 Å². The molecule has 5 atom stereocenters. The highest BCUT2D eigenvalue weighted by Gasteiger charge is 2.43. The molecule has 7 nitrogen and oxygen atoms in total. The standard InChI is InChI=1S/C9H18O7/c10-2-1-5(12)4-15-9-8(14)7(13)6(3-11)16-9/h5-14H,1-4H2/t5?,6-,7?,8+,9-/m1/s1. The highest BCUT2D eigenvalue weighted by molar-refractivity contribution is 4.86. The molecule has 0 aromatic carbocycles. The van der Waals surface area contributed by atoms with Gasteiger partial charge in [0.05, 0.1) is 19.3 Å². The van der Waals surface area contributed by atoms with Gasteiger partial charge in [0, 0.05) is 6.61 Å². The van der Waals surface area contributed by atoms with Crippen molar-refractivity contribution in [2.75, 3.05) is 19.8 Å². The van der Waals surface area contributed by atoms with E-state index in [2.05, 4.69) is 0 Å². The number of hydrogen-bond acceptors (Lipinski definition) is 7. The van der Waals surface area contributed by atoms with Crippen LogP contribution < -0.4 is 0 Å². The predicted octanol–water partition coefficient (Wildman–Crippen LogP) is -2.81. The first-order valence-electron chi connectivity index (χ1n) is 5.13. The molecule has 0 spiro atoms. The van der Waals surface area contributed by atoms with Crippen LogP contribution in [0.3, 0.4) is 0 Å². The molecule has 1 rings (SSSR count). The second kappa shape index (κ2) is 6.45. The maximum absolute atomic E-state index is 9.46. The minimum Gasteiger partial charge on any atom is -0.396 e. The van der Waals surface area contributed by atoms with Crippen LogP contribution in [-0.4, -0.2) is 76.1 Å². The third-order valence-electron chi connectivity index (χ3n) is 2.41. The molecule has 0 aromatic heterocycles. The van der Waals surface area contributed by atoms with E-state index in [4.69, 9.17) is 19.7 Å². The van der Waals surface area contributed by atoms with Crippen molar-refractivity contribution in [2.24, 2.45) is 0 Å². The summed E-state index contributed by atoms with van der Waals surface area (Å²) in [5.74, 6) is 0. The summed E-state index contributed by atoms with van der Waals surface area (Å²) >= 11 is 0. The maximum Gasteiger partial charge on any atom is 0.186 e. The zero-order valence-electron chi connectivity index (χ0n) is 8.77. The molecule has 0 bridgehead atoms. The molecular weight excluding hydrogens is 220 g/mol. The molecule has 1 aliphatic heterocycles. The third kappa shape index (κ3) is 3.36. The van der Waals surface area contributed by atoms with Crippen molar-refractivity contribution in [3.05, 3.63) is 0 Å². The molecule has 0 aromatic rings. The monoisotopic (exact) mass is 238 g/mol. The second-order valence-corrected chi connectivity index (χ2v) is 3.71. The van der Waals surface area contributed by atoms with Gasteiger partial charge in [0.1, 0.15) is 18.3 Å². The molecule has 96 valence electrons. The average Bonchev–Trinajstić information content (AvgIpc) is 2.54. The lowest BCUT2D eigenvalue weighted by Crippen LogP contribution is -2.35. The van der Waals surface area contributed by atoms with E-state index in [1.165, 1.54) is 0 Å². The Morgan fingerprint density at radius 2 is 1.88 bits per heavy atom. The fraction of sp³-hybridized carbons (Fsp3) is 1.00. The van der Waals surface area contributed by atoms with Crippen LogP contribution in [0.5, 0.6) is 0 Å². The van der Waals surface area contributed by atoms with Crippen LogP contribution in [0, 0.1) is 0 Å². The number of hydrogen-bond donors (Lipinski definition) is 5. The van der Waals surface area contributed by atoms with Gasteiger partial charge in [-0.2, -0.15) is 0 Å². The molecular formula is C9H18O7. The van der Waals surface area contributed by atoms with Gasteiger partial charge in [-0.05, 0) is 6.42 Å². The van der Waals surface area contributed by atoms with Gasteiger partial charge in [0.15, 0.2) is 6.29 Å². The van der Waals surface area contributed by atoms with E-state index in [9.17, 15) is 15.3 Å². The Balaban J connectivity index is 2.32. The molecule has 1 heterocycles. The molecule has 5 N–H and O–H groups in total. The van der Waals surface area contributed by atoms with Crippen LogP contribution in [0.25, 0.3) is 0 Å². The van der Waals surface area contributed by atoms with Crippen LogP contribution >= 0.6 is 0 Å². The third-order valence-corrected chi connectivity index (χ3v) is 2.41. The lowest BCUT2D eigenvalue weighted by Gasteiger charge is -2.17. The number of aliphatic hydroxyl groups is 5. The summed E-state index contributed by atoms with van der Waals surface area (Å²) in [5, 5.41) is 45.4. The van der Waals surface area contributed by atoms with Gasteiger partial charge in [-0.1, -0.05) is 0 Å². The van der Waals surface area contributed by atoms with Crippen molar-refractivity contribution in [3.8, 4) is 0 Å². The molecule has 1 saturated heterocycles. The Kier molecular flexibility index (Phi) is 5.56. The zero-order valence-corrected chi connectivity index (χ0v) is 8.77. The van der Waals surface area contributed by atoms with Crippen molar-refractivity contribution in [3.63, 3.8) is 0 Å². The molecule has 0 amide bonds. The summed E-state index contributed by atoms with van der Waals surface area (Å²) in [7, 11) is 0. The maximum atomic E-state index is 9.46. The highest BCUT2D eigenvalue weighted by Crippen LogP contribution is 2.22. The van der Waals surface area contributed by atoms with Gasteiger partial charge in [-0.15, -0.1) is 0 Å². The Morgan fingerprint density at radius 3 is 2.38 bits per heavy atom. The molecule has 16 heavy (non-hydrogen) atoms. The minimum atomic E-state index is -1.25. The van der Waals surface area contributed by atoms with Gasteiger partial charge in [0.25, 0.3) is 0 Å². The lowest BCUT2D eigenvalue weighted by atomic mass is 10.1. The van der Waals surface area contributed by atoms with Crippen LogP contribution in [-0.2, 0) is 9.47 Å². The van der Waals surface area contributed by atoms with E-state index in [0.29, 0.717) is 0 Å². The largest absolute Gasteiger partial charge is 0.396 e. The average molecular weight is 238 g/mol. The molecule has 1 aliphatic rings. The van der Waals surface area contributed by atoms with Gasteiger partial charge in [-0.25, -0.2) is 0 Å². The predicted molar refractivity (Wildman–Crippen MR) is 51.4 cm³/mol. The van der Waals surface area contributed by atoms with E-state index < -0.39 is 37.3 Å². The van der Waals surface area contributed by atoms with E-state index >= 15 is 0 Å². The summed E-state index contributed by atoms with van der Waals surface area (Å²) in [6.45, 7) is -0.703. The quantitative estimate of drug-likeness (QED) is 0.338. The van der Waals surface area contributed by atoms with Gasteiger partial charge < -0.3 is 35.0 Å². The Hall–Kier alpha value is -0.280. The number of rotatable bonds is 6. The Labute approximate surface area is 92.9 Å². The summed E-state index contributed by atoms with van der Waals surface area (Å²) in [6.07, 6.45) is -5.10. The molecule has 1 fully saturated rings. The first-order valence-corrected chi connectivity index (χ1v) is 5.13. The topological polar surface area (TPSA) is 120 Å². The smallest absolute Gasteiger partial charge is 0.186 e.